The predicted octanol–water partition coefficient (Wildman–Crippen LogP) is 4.89. The lowest BCUT2D eigenvalue weighted by atomic mass is 9.60. The molecule has 2 fully saturated rings. The molecule has 3 heteroatoms. The number of carbonyl (C=O) groups is 1. The van der Waals surface area contributed by atoms with Crippen LogP contribution in [0.2, 0.25) is 0 Å². The summed E-state index contributed by atoms with van der Waals surface area (Å²) in [6, 6.07) is 4.65. The minimum atomic E-state index is 0.0929. The molecule has 1 aromatic carbocycles. The van der Waals surface area contributed by atoms with Crippen LogP contribution in [0.3, 0.4) is 0 Å². The number of benzene rings is 1. The second-order valence-electron chi connectivity index (χ2n) is 8.52. The average molecular weight is 437 g/mol. The van der Waals surface area contributed by atoms with Crippen LogP contribution in [0.15, 0.2) is 12.1 Å². The van der Waals surface area contributed by atoms with Crippen molar-refractivity contribution in [2.24, 2.45) is 11.8 Å². The Hall–Kier alpha value is -0.420. The van der Waals surface area contributed by atoms with Crippen LogP contribution in [0.5, 0.6) is 0 Å². The number of halogens is 1. The van der Waals surface area contributed by atoms with Crippen LogP contribution in [0.25, 0.3) is 0 Å². The Bertz CT molecular complexity index is 681. The molecule has 2 bridgehead atoms. The smallest absolute Gasteiger partial charge is 0.180 e. The van der Waals surface area contributed by atoms with Crippen LogP contribution in [-0.2, 0) is 9.84 Å². The van der Waals surface area contributed by atoms with E-state index in [0.29, 0.717) is 11.7 Å². The highest BCUT2D eigenvalue weighted by molar-refractivity contribution is 14.1. The Morgan fingerprint density at radius 3 is 2.75 bits per heavy atom. The molecule has 1 heterocycles. The Morgan fingerprint density at radius 1 is 1.33 bits per heavy atom. The molecule has 0 N–H and O–H groups in total. The third-order valence-electron chi connectivity index (χ3n) is 6.97. The number of Topliss-reactive ketones (excluding diaryl/α,β-unsaturated/α-hetero) is 1. The van der Waals surface area contributed by atoms with Gasteiger partial charge in [-0.2, -0.15) is 0 Å². The number of rotatable bonds is 3. The lowest BCUT2D eigenvalue weighted by Gasteiger charge is -2.46. The van der Waals surface area contributed by atoms with E-state index in [4.69, 9.17) is 0 Å². The van der Waals surface area contributed by atoms with Gasteiger partial charge in [-0.3, -0.25) is 9.69 Å². The van der Waals surface area contributed by atoms with Crippen LogP contribution in [-0.4, -0.2) is 29.8 Å². The van der Waals surface area contributed by atoms with E-state index in [1.54, 1.807) is 0 Å². The molecule has 0 unspecified atom stereocenters. The van der Waals surface area contributed by atoms with Gasteiger partial charge in [-0.05, 0) is 79.2 Å². The van der Waals surface area contributed by atoms with Crippen molar-refractivity contribution >= 4 is 28.4 Å². The molecule has 1 aliphatic heterocycles. The highest BCUT2D eigenvalue weighted by Crippen LogP contribution is 2.49. The molecular weight excluding hydrogens is 409 g/mol. The van der Waals surface area contributed by atoms with Gasteiger partial charge >= 0.3 is 0 Å². The molecule has 3 atom stereocenters. The summed E-state index contributed by atoms with van der Waals surface area (Å²) in [5.41, 5.74) is 5.17. The molecule has 1 saturated heterocycles. The minimum Gasteiger partial charge on any atom is -0.293 e. The van der Waals surface area contributed by atoms with Crippen molar-refractivity contribution in [2.75, 3.05) is 13.1 Å². The van der Waals surface area contributed by atoms with Gasteiger partial charge in [0.25, 0.3) is 0 Å². The van der Waals surface area contributed by atoms with Crippen LogP contribution >= 0.6 is 22.6 Å². The first-order valence-electron chi connectivity index (χ1n) is 9.44. The van der Waals surface area contributed by atoms with E-state index >= 15 is 0 Å². The molecule has 2 aliphatic carbocycles. The molecule has 24 heavy (non-hydrogen) atoms. The number of carbonyl (C=O) groups excluding carboxylic acids is 1. The summed E-state index contributed by atoms with van der Waals surface area (Å²) in [5.74, 6) is 1.64. The second-order valence-corrected chi connectivity index (χ2v) is 9.28. The number of nitrogens with zero attached hydrogens (tertiary/aromatic N) is 1. The van der Waals surface area contributed by atoms with Gasteiger partial charge in [-0.15, -0.1) is 0 Å². The zero-order valence-electron chi connectivity index (χ0n) is 15.1. The molecular formula is C21H28INO. The van der Waals surface area contributed by atoms with Crippen molar-refractivity contribution in [2.45, 2.75) is 62.3 Å². The molecule has 1 aromatic rings. The van der Waals surface area contributed by atoms with Crippen molar-refractivity contribution < 1.29 is 4.79 Å². The summed E-state index contributed by atoms with van der Waals surface area (Å²) in [6.45, 7) is 9.18. The Labute approximate surface area is 159 Å². The molecule has 0 aromatic heterocycles. The van der Waals surface area contributed by atoms with Crippen LogP contribution in [0.4, 0.5) is 0 Å². The summed E-state index contributed by atoms with van der Waals surface area (Å²) in [4.78, 5) is 16.0. The Morgan fingerprint density at radius 2 is 2.08 bits per heavy atom. The SMILES string of the molecule is Cc1cc2c(cc1CI)C(=O)[C@@H]1[C@H](C)[C@@]2(C)CCCN1CC1CC1. The third kappa shape index (κ3) is 2.57. The number of fused-ring (bicyclic) bond motifs is 4. The summed E-state index contributed by atoms with van der Waals surface area (Å²) in [7, 11) is 0. The molecule has 4 rings (SSSR count). The molecule has 3 aliphatic rings. The van der Waals surface area contributed by atoms with Crippen molar-refractivity contribution in [1.29, 1.82) is 0 Å². The summed E-state index contributed by atoms with van der Waals surface area (Å²) < 4.78 is 0.979. The normalized spacial score (nSPS) is 33.2. The summed E-state index contributed by atoms with van der Waals surface area (Å²) >= 11 is 2.42. The maximum atomic E-state index is 13.5. The van der Waals surface area contributed by atoms with Gasteiger partial charge < -0.3 is 0 Å². The van der Waals surface area contributed by atoms with Crippen molar-refractivity contribution in [3.05, 3.63) is 34.4 Å². The zero-order chi connectivity index (χ0) is 17.1. The van der Waals surface area contributed by atoms with E-state index < -0.39 is 0 Å². The van der Waals surface area contributed by atoms with Gasteiger partial charge in [0.2, 0.25) is 0 Å². The number of hydrogen-bond donors (Lipinski definition) is 0. The largest absolute Gasteiger partial charge is 0.293 e. The van der Waals surface area contributed by atoms with Crippen molar-refractivity contribution in [3.8, 4) is 0 Å². The van der Waals surface area contributed by atoms with E-state index in [-0.39, 0.29) is 11.5 Å². The van der Waals surface area contributed by atoms with E-state index in [1.165, 1.54) is 42.4 Å². The van der Waals surface area contributed by atoms with Gasteiger partial charge in [0.1, 0.15) is 0 Å². The molecule has 0 amide bonds. The molecule has 0 radical (unpaired) electrons. The second kappa shape index (κ2) is 6.08. The first-order chi connectivity index (χ1) is 11.5. The fourth-order valence-electron chi connectivity index (χ4n) is 5.02. The number of ketones is 1. The highest BCUT2D eigenvalue weighted by atomic mass is 127. The van der Waals surface area contributed by atoms with Crippen molar-refractivity contribution in [1.82, 2.24) is 4.90 Å². The summed E-state index contributed by atoms with van der Waals surface area (Å²) in [6.07, 6.45) is 5.13. The molecule has 0 spiro atoms. The highest BCUT2D eigenvalue weighted by Gasteiger charge is 2.51. The van der Waals surface area contributed by atoms with Crippen LogP contribution in [0.1, 0.15) is 66.6 Å². The van der Waals surface area contributed by atoms with Gasteiger partial charge in [-0.1, -0.05) is 42.5 Å². The topological polar surface area (TPSA) is 20.3 Å². The van der Waals surface area contributed by atoms with Gasteiger partial charge in [-0.25, -0.2) is 0 Å². The Kier molecular flexibility index (Phi) is 4.31. The molecule has 1 saturated carbocycles. The van der Waals surface area contributed by atoms with Crippen molar-refractivity contribution in [3.63, 3.8) is 0 Å². The number of likely N-dealkylation sites (tertiary alicyclic amines) is 1. The first kappa shape index (κ1) is 17.0. The van der Waals surface area contributed by atoms with E-state index in [0.717, 1.165) is 29.0 Å². The average Bonchev–Trinajstić information content (AvgIpc) is 3.37. The zero-order valence-corrected chi connectivity index (χ0v) is 17.2. The standard InChI is InChI=1S/C21H28INO/c1-13-9-18-17(10-16(13)11-22)20(24)19-14(2)21(18,3)7-4-8-23(19)12-15-5-6-15/h9-10,14-15,19H,4-8,11-12H2,1-3H3/t14-,19-,21+/m0/s1. The fourth-order valence-corrected chi connectivity index (χ4v) is 5.84. The predicted molar refractivity (Wildman–Crippen MR) is 107 cm³/mol. The summed E-state index contributed by atoms with van der Waals surface area (Å²) in [5, 5.41) is 0. The fraction of sp³-hybridized carbons (Fsp3) is 0.667. The van der Waals surface area contributed by atoms with Gasteiger partial charge in [0, 0.05) is 16.5 Å². The number of alkyl halides is 1. The quantitative estimate of drug-likeness (QED) is 0.496. The monoisotopic (exact) mass is 437 g/mol. The van der Waals surface area contributed by atoms with Crippen LogP contribution in [0, 0.1) is 18.8 Å². The van der Waals surface area contributed by atoms with E-state index in [2.05, 4.69) is 60.4 Å². The van der Waals surface area contributed by atoms with Gasteiger partial charge in [0.05, 0.1) is 6.04 Å². The number of aryl methyl sites for hydroxylation is 1. The lowest BCUT2D eigenvalue weighted by Crippen LogP contribution is -2.54. The maximum absolute atomic E-state index is 13.5. The van der Waals surface area contributed by atoms with Gasteiger partial charge in [0.15, 0.2) is 5.78 Å². The van der Waals surface area contributed by atoms with E-state index in [9.17, 15) is 4.79 Å². The third-order valence-corrected chi connectivity index (χ3v) is 7.79. The maximum Gasteiger partial charge on any atom is 0.180 e. The first-order valence-corrected chi connectivity index (χ1v) is 11.0. The van der Waals surface area contributed by atoms with Crippen LogP contribution < -0.4 is 0 Å². The number of hydrogen-bond acceptors (Lipinski definition) is 2. The minimum absolute atomic E-state index is 0.0929. The molecule has 2 nitrogen and oxygen atoms in total. The Balaban J connectivity index is 1.83. The van der Waals surface area contributed by atoms with E-state index in [1.807, 2.05) is 0 Å². The lowest BCUT2D eigenvalue weighted by molar-refractivity contribution is 0.0642. The molecule has 130 valence electrons.